The number of ether oxygens (including phenoxy) is 3. The molecule has 0 heterocycles. The smallest absolute Gasteiger partial charge is 0.306 e. The molecule has 0 bridgehead atoms. The Hall–Kier alpha value is -1.59. The summed E-state index contributed by atoms with van der Waals surface area (Å²) in [5.74, 6) is 0.821. The second-order valence-electron chi connectivity index (χ2n) is 17.5. The lowest BCUT2D eigenvalue weighted by atomic mass is 9.99. The highest BCUT2D eigenvalue weighted by Gasteiger charge is 2.19. The highest BCUT2D eigenvalue weighted by molar-refractivity contribution is 5.71. The summed E-state index contributed by atoms with van der Waals surface area (Å²) in [6.45, 7) is 11.4. The molecule has 1 unspecified atom stereocenters. The first kappa shape index (κ1) is 53.4. The molecule has 0 aromatic heterocycles. The van der Waals surface area contributed by atoms with Gasteiger partial charge in [-0.2, -0.15) is 0 Å². The summed E-state index contributed by atoms with van der Waals surface area (Å²) in [5, 5.41) is 0. The molecule has 0 aliphatic carbocycles. The third-order valence-electron chi connectivity index (χ3n) is 11.3. The van der Waals surface area contributed by atoms with Crippen molar-refractivity contribution in [1.29, 1.82) is 0 Å². The van der Waals surface area contributed by atoms with Crippen LogP contribution in [0, 0.1) is 11.8 Å². The summed E-state index contributed by atoms with van der Waals surface area (Å²) in [7, 11) is 0. The molecule has 0 rings (SSSR count). The average Bonchev–Trinajstić information content (AvgIpc) is 3.17. The summed E-state index contributed by atoms with van der Waals surface area (Å²) >= 11 is 0. The van der Waals surface area contributed by atoms with E-state index in [0.29, 0.717) is 19.3 Å². The van der Waals surface area contributed by atoms with Crippen LogP contribution in [-0.4, -0.2) is 37.2 Å². The largest absolute Gasteiger partial charge is 0.462 e. The van der Waals surface area contributed by atoms with E-state index in [2.05, 4.69) is 34.6 Å². The van der Waals surface area contributed by atoms with Gasteiger partial charge in [-0.25, -0.2) is 0 Å². The number of esters is 3. The van der Waals surface area contributed by atoms with Crippen LogP contribution >= 0.6 is 0 Å². The van der Waals surface area contributed by atoms with E-state index in [4.69, 9.17) is 14.2 Å². The minimum absolute atomic E-state index is 0.0645. The maximum atomic E-state index is 12.7. The minimum Gasteiger partial charge on any atom is -0.462 e. The van der Waals surface area contributed by atoms with Crippen molar-refractivity contribution in [2.24, 2.45) is 11.8 Å². The molecule has 0 saturated heterocycles. The fourth-order valence-electron chi connectivity index (χ4n) is 7.25. The summed E-state index contributed by atoms with van der Waals surface area (Å²) < 4.78 is 16.8. The zero-order valence-electron chi connectivity index (χ0n) is 37.6. The molecule has 6 nitrogen and oxygen atoms in total. The highest BCUT2D eigenvalue weighted by Crippen LogP contribution is 2.17. The first-order chi connectivity index (χ1) is 26.8. The van der Waals surface area contributed by atoms with Crippen molar-refractivity contribution in [3.63, 3.8) is 0 Å². The second-order valence-corrected chi connectivity index (χ2v) is 17.5. The molecule has 0 radical (unpaired) electrons. The molecule has 0 aliphatic heterocycles. The summed E-state index contributed by atoms with van der Waals surface area (Å²) in [6, 6.07) is 0. The van der Waals surface area contributed by atoms with Gasteiger partial charge < -0.3 is 14.2 Å². The highest BCUT2D eigenvalue weighted by atomic mass is 16.6. The van der Waals surface area contributed by atoms with Gasteiger partial charge in [0.25, 0.3) is 0 Å². The predicted molar refractivity (Wildman–Crippen MR) is 233 cm³/mol. The van der Waals surface area contributed by atoms with Gasteiger partial charge in [-0.3, -0.25) is 14.4 Å². The molecule has 0 amide bonds. The van der Waals surface area contributed by atoms with Gasteiger partial charge in [0.05, 0.1) is 0 Å². The van der Waals surface area contributed by atoms with Gasteiger partial charge in [-0.05, 0) is 31.1 Å². The Balaban J connectivity index is 4.34. The van der Waals surface area contributed by atoms with Gasteiger partial charge in [-0.15, -0.1) is 0 Å². The van der Waals surface area contributed by atoms with Crippen LogP contribution in [0.5, 0.6) is 0 Å². The normalized spacial score (nSPS) is 12.5. The Morgan fingerprint density at radius 1 is 0.382 bits per heavy atom. The molecular formula is C49H94O6. The van der Waals surface area contributed by atoms with E-state index in [1.54, 1.807) is 0 Å². The Labute approximate surface area is 342 Å². The van der Waals surface area contributed by atoms with Crippen LogP contribution in [0.3, 0.4) is 0 Å². The molecule has 0 aromatic rings. The van der Waals surface area contributed by atoms with E-state index < -0.39 is 6.10 Å². The lowest BCUT2D eigenvalue weighted by Gasteiger charge is -2.18. The van der Waals surface area contributed by atoms with Crippen LogP contribution in [0.1, 0.15) is 266 Å². The molecule has 55 heavy (non-hydrogen) atoms. The quantitative estimate of drug-likeness (QED) is 0.0348. The van der Waals surface area contributed by atoms with E-state index in [1.807, 2.05) is 0 Å². The fraction of sp³-hybridized carbons (Fsp3) is 0.939. The maximum absolute atomic E-state index is 12.7. The van der Waals surface area contributed by atoms with Crippen LogP contribution < -0.4 is 0 Å². The first-order valence-corrected chi connectivity index (χ1v) is 24.3. The third-order valence-corrected chi connectivity index (χ3v) is 11.3. The van der Waals surface area contributed by atoms with E-state index in [9.17, 15) is 14.4 Å². The van der Waals surface area contributed by atoms with Gasteiger partial charge >= 0.3 is 17.9 Å². The fourth-order valence-corrected chi connectivity index (χ4v) is 7.25. The third kappa shape index (κ3) is 41.9. The number of unbranched alkanes of at least 4 members (excludes halogenated alkanes) is 27. The number of carbonyl (C=O) groups excluding carboxylic acids is 3. The van der Waals surface area contributed by atoms with Crippen molar-refractivity contribution in [3.8, 4) is 0 Å². The van der Waals surface area contributed by atoms with E-state index >= 15 is 0 Å². The summed E-state index contributed by atoms with van der Waals surface area (Å²) in [4.78, 5) is 37.8. The zero-order valence-corrected chi connectivity index (χ0v) is 37.6. The molecule has 326 valence electrons. The molecule has 0 aliphatic rings. The second kappa shape index (κ2) is 42.0. The number of carbonyl (C=O) groups is 3. The molecule has 0 saturated carbocycles. The predicted octanol–water partition coefficient (Wildman–Crippen LogP) is 15.4. The topological polar surface area (TPSA) is 78.9 Å². The van der Waals surface area contributed by atoms with Crippen molar-refractivity contribution in [1.82, 2.24) is 0 Å². The SMILES string of the molecule is CCCCCCCCCCCCCC(=O)OC[C@H](COC(=O)CCCCCCCCCCCC(C)C)OC(=O)CCCCCCCCCCCCC(C)CC. The number of hydrogen-bond donors (Lipinski definition) is 0. The Morgan fingerprint density at radius 3 is 1.04 bits per heavy atom. The zero-order chi connectivity index (χ0) is 40.5. The molecule has 2 atom stereocenters. The molecule has 6 heteroatoms. The van der Waals surface area contributed by atoms with Crippen molar-refractivity contribution < 1.29 is 28.6 Å². The summed E-state index contributed by atoms with van der Waals surface area (Å²) in [6.07, 6.45) is 40.8. The lowest BCUT2D eigenvalue weighted by Crippen LogP contribution is -2.30. The monoisotopic (exact) mass is 779 g/mol. The van der Waals surface area contributed by atoms with E-state index in [-0.39, 0.29) is 31.1 Å². The van der Waals surface area contributed by atoms with Crippen molar-refractivity contribution in [2.75, 3.05) is 13.2 Å². The van der Waals surface area contributed by atoms with E-state index in [0.717, 1.165) is 69.6 Å². The van der Waals surface area contributed by atoms with Gasteiger partial charge in [0.1, 0.15) is 13.2 Å². The number of hydrogen-bond acceptors (Lipinski definition) is 6. The van der Waals surface area contributed by atoms with Crippen molar-refractivity contribution >= 4 is 17.9 Å². The van der Waals surface area contributed by atoms with Crippen molar-refractivity contribution in [2.45, 2.75) is 272 Å². The van der Waals surface area contributed by atoms with Gasteiger partial charge in [0.2, 0.25) is 0 Å². The first-order valence-electron chi connectivity index (χ1n) is 24.3. The van der Waals surface area contributed by atoms with Crippen LogP contribution in [-0.2, 0) is 28.6 Å². The summed E-state index contributed by atoms with van der Waals surface area (Å²) in [5.41, 5.74) is 0. The van der Waals surface area contributed by atoms with E-state index in [1.165, 1.54) is 154 Å². The average molecular weight is 779 g/mol. The Morgan fingerprint density at radius 2 is 0.691 bits per heavy atom. The molecule has 0 fully saturated rings. The Bertz CT molecular complexity index is 841. The minimum atomic E-state index is -0.761. The lowest BCUT2D eigenvalue weighted by molar-refractivity contribution is -0.167. The van der Waals surface area contributed by atoms with Crippen LogP contribution in [0.25, 0.3) is 0 Å². The van der Waals surface area contributed by atoms with Crippen LogP contribution in [0.4, 0.5) is 0 Å². The molecule has 0 N–H and O–H groups in total. The number of rotatable bonds is 43. The Kier molecular flexibility index (Phi) is 40.8. The molecule has 0 aromatic carbocycles. The standard InChI is InChI=1S/C49H94O6/c1-6-8-9-10-11-12-13-19-24-29-34-39-47(50)53-42-46(43-54-48(51)40-35-30-25-21-16-17-22-27-32-37-44(3)4)55-49(52)41-36-31-26-20-15-14-18-23-28-33-38-45(5)7-2/h44-46H,6-43H2,1-5H3/t45?,46-/m1/s1. The van der Waals surface area contributed by atoms with Gasteiger partial charge in [-0.1, -0.05) is 227 Å². The van der Waals surface area contributed by atoms with Gasteiger partial charge in [0, 0.05) is 19.3 Å². The van der Waals surface area contributed by atoms with Crippen LogP contribution in [0.15, 0.2) is 0 Å². The van der Waals surface area contributed by atoms with Gasteiger partial charge in [0.15, 0.2) is 6.10 Å². The van der Waals surface area contributed by atoms with Crippen molar-refractivity contribution in [3.05, 3.63) is 0 Å². The maximum Gasteiger partial charge on any atom is 0.306 e. The molecular weight excluding hydrogens is 685 g/mol. The van der Waals surface area contributed by atoms with Crippen LogP contribution in [0.2, 0.25) is 0 Å². The molecule has 0 spiro atoms.